The molecule has 3 aromatic rings. The Balaban J connectivity index is 1.28. The molecule has 6 nitrogen and oxygen atoms in total. The number of carbonyl (C=O) groups excluding carboxylic acids is 1. The van der Waals surface area contributed by atoms with Crippen LogP contribution in [-0.4, -0.2) is 72.0 Å². The first-order chi connectivity index (χ1) is 15.9. The summed E-state index contributed by atoms with van der Waals surface area (Å²) in [5.74, 6) is 0.662. The summed E-state index contributed by atoms with van der Waals surface area (Å²) in [4.78, 5) is 27.4. The third-order valence-corrected chi connectivity index (χ3v) is 7.45. The van der Waals surface area contributed by atoms with Gasteiger partial charge in [0.05, 0.1) is 16.1 Å². The molecule has 2 fully saturated rings. The van der Waals surface area contributed by atoms with Crippen molar-refractivity contribution in [3.05, 3.63) is 47.2 Å². The number of imidazole rings is 1. The first-order valence-corrected chi connectivity index (χ1v) is 11.9. The summed E-state index contributed by atoms with van der Waals surface area (Å²) in [5, 5.41) is 0.589. The second kappa shape index (κ2) is 8.95. The van der Waals surface area contributed by atoms with Gasteiger partial charge < -0.3 is 19.7 Å². The fourth-order valence-corrected chi connectivity index (χ4v) is 5.29. The van der Waals surface area contributed by atoms with Crippen molar-refractivity contribution in [1.82, 2.24) is 19.8 Å². The van der Waals surface area contributed by atoms with Gasteiger partial charge in [-0.25, -0.2) is 9.37 Å². The molecule has 1 N–H and O–H groups in total. The number of halogens is 2. The number of hydrogen-bond donors (Lipinski definition) is 1. The van der Waals surface area contributed by atoms with Gasteiger partial charge in [-0.1, -0.05) is 11.6 Å². The maximum atomic E-state index is 13.6. The normalized spacial score (nSPS) is 20.0. The van der Waals surface area contributed by atoms with Gasteiger partial charge in [-0.15, -0.1) is 0 Å². The van der Waals surface area contributed by atoms with Crippen LogP contribution in [0.1, 0.15) is 19.3 Å². The molecule has 8 heteroatoms. The Morgan fingerprint density at radius 3 is 2.67 bits per heavy atom. The molecule has 1 amide bonds. The van der Waals surface area contributed by atoms with Gasteiger partial charge in [0.15, 0.2) is 0 Å². The fourth-order valence-electron chi connectivity index (χ4n) is 5.08. The van der Waals surface area contributed by atoms with Gasteiger partial charge in [-0.05, 0) is 63.2 Å². The Kier molecular flexibility index (Phi) is 6.01. The predicted molar refractivity (Wildman–Crippen MR) is 130 cm³/mol. The number of piperidine rings is 1. The highest BCUT2D eigenvalue weighted by atomic mass is 35.5. The first kappa shape index (κ1) is 22.2. The average Bonchev–Trinajstić information content (AvgIpc) is 3.44. The number of amides is 1. The van der Waals surface area contributed by atoms with E-state index >= 15 is 0 Å². The van der Waals surface area contributed by atoms with Gasteiger partial charge >= 0.3 is 0 Å². The second-order valence-corrected chi connectivity index (χ2v) is 9.73. The monoisotopic (exact) mass is 469 g/mol. The summed E-state index contributed by atoms with van der Waals surface area (Å²) in [6.07, 6.45) is 2.74. The molecule has 0 spiro atoms. The number of anilines is 1. The maximum absolute atomic E-state index is 13.6. The predicted octanol–water partition coefficient (Wildman–Crippen LogP) is 4.40. The lowest BCUT2D eigenvalue weighted by Crippen LogP contribution is -2.45. The zero-order valence-electron chi connectivity index (χ0n) is 19.0. The molecule has 2 aromatic carbocycles. The summed E-state index contributed by atoms with van der Waals surface area (Å²) in [5.41, 5.74) is 3.18. The number of aromatic amines is 1. The topological polar surface area (TPSA) is 55.5 Å². The molecular formula is C25H29ClFN5O. The second-order valence-electron chi connectivity index (χ2n) is 9.33. The lowest BCUT2D eigenvalue weighted by atomic mass is 9.94. The minimum absolute atomic E-state index is 0.0780. The van der Waals surface area contributed by atoms with Gasteiger partial charge in [-0.3, -0.25) is 4.79 Å². The van der Waals surface area contributed by atoms with Crippen LogP contribution in [0.3, 0.4) is 0 Å². The molecule has 5 rings (SSSR count). The lowest BCUT2D eigenvalue weighted by Gasteiger charge is -2.36. The van der Waals surface area contributed by atoms with Crippen LogP contribution in [0, 0.1) is 11.7 Å². The number of nitrogens with one attached hydrogen (secondary N) is 1. The molecule has 33 heavy (non-hydrogen) atoms. The number of rotatable bonds is 4. The van der Waals surface area contributed by atoms with E-state index in [1.165, 1.54) is 12.1 Å². The van der Waals surface area contributed by atoms with Crippen molar-refractivity contribution < 1.29 is 9.18 Å². The third kappa shape index (κ3) is 4.44. The molecule has 1 aromatic heterocycles. The summed E-state index contributed by atoms with van der Waals surface area (Å²) in [6.45, 7) is 3.66. The summed E-state index contributed by atoms with van der Waals surface area (Å²) < 4.78 is 13.6. The van der Waals surface area contributed by atoms with Crippen LogP contribution in [0.25, 0.3) is 22.4 Å². The van der Waals surface area contributed by atoms with Crippen LogP contribution >= 0.6 is 11.6 Å². The molecule has 1 atom stereocenters. The van der Waals surface area contributed by atoms with Crippen LogP contribution in [-0.2, 0) is 4.79 Å². The Morgan fingerprint density at radius 1 is 1.15 bits per heavy atom. The number of hydrogen-bond acceptors (Lipinski definition) is 4. The van der Waals surface area contributed by atoms with E-state index < -0.39 is 0 Å². The van der Waals surface area contributed by atoms with E-state index in [1.807, 2.05) is 30.1 Å². The molecule has 174 valence electrons. The first-order valence-electron chi connectivity index (χ1n) is 11.5. The highest BCUT2D eigenvalue weighted by molar-refractivity contribution is 6.33. The van der Waals surface area contributed by atoms with E-state index in [0.29, 0.717) is 22.4 Å². The zero-order chi connectivity index (χ0) is 23.1. The van der Waals surface area contributed by atoms with Gasteiger partial charge in [0.1, 0.15) is 11.6 Å². The SMILES string of the molecule is CN1CCC(N(C)C(=O)C2CCN(c3ccc(Cl)c(-c4nc5cc(F)ccc5[nH]4)c3)CC2)C1. The number of likely N-dealkylation sites (N-methyl/N-ethyl adjacent to an activating group) is 2. The Bertz CT molecular complexity index is 1170. The van der Waals surface area contributed by atoms with Crippen molar-refractivity contribution in [3.8, 4) is 11.4 Å². The Labute approximate surface area is 198 Å². The quantitative estimate of drug-likeness (QED) is 0.615. The minimum atomic E-state index is -0.316. The van der Waals surface area contributed by atoms with Gasteiger partial charge in [0.25, 0.3) is 0 Å². The van der Waals surface area contributed by atoms with Gasteiger partial charge in [-0.2, -0.15) is 0 Å². The Hall–Kier alpha value is -2.64. The number of H-pyrrole nitrogens is 1. The van der Waals surface area contributed by atoms with E-state index in [0.717, 1.165) is 62.2 Å². The highest BCUT2D eigenvalue weighted by Gasteiger charge is 2.32. The molecule has 0 radical (unpaired) electrons. The van der Waals surface area contributed by atoms with Crippen molar-refractivity contribution >= 4 is 34.2 Å². The average molecular weight is 470 g/mol. The third-order valence-electron chi connectivity index (χ3n) is 7.12. The van der Waals surface area contributed by atoms with Crippen LogP contribution in [0.4, 0.5) is 10.1 Å². The van der Waals surface area contributed by atoms with Crippen LogP contribution < -0.4 is 4.90 Å². The summed E-state index contributed by atoms with van der Waals surface area (Å²) in [7, 11) is 4.07. The van der Waals surface area contributed by atoms with Crippen LogP contribution in [0.15, 0.2) is 36.4 Å². The molecular weight excluding hydrogens is 441 g/mol. The van der Waals surface area contributed by atoms with E-state index in [9.17, 15) is 9.18 Å². The Morgan fingerprint density at radius 2 is 1.94 bits per heavy atom. The van der Waals surface area contributed by atoms with Crippen molar-refractivity contribution in [3.63, 3.8) is 0 Å². The van der Waals surface area contributed by atoms with Crippen LogP contribution in [0.2, 0.25) is 5.02 Å². The molecule has 2 aliphatic heterocycles. The number of benzene rings is 2. The van der Waals surface area contributed by atoms with E-state index in [2.05, 4.69) is 26.8 Å². The smallest absolute Gasteiger partial charge is 0.225 e. The maximum Gasteiger partial charge on any atom is 0.225 e. The largest absolute Gasteiger partial charge is 0.371 e. The molecule has 3 heterocycles. The number of carbonyl (C=O) groups is 1. The number of aromatic nitrogens is 2. The van der Waals surface area contributed by atoms with Crippen molar-refractivity contribution in [2.45, 2.75) is 25.3 Å². The van der Waals surface area contributed by atoms with Crippen molar-refractivity contribution in [2.24, 2.45) is 5.92 Å². The molecule has 0 saturated carbocycles. The van der Waals surface area contributed by atoms with Crippen molar-refractivity contribution in [2.75, 3.05) is 45.2 Å². The fraction of sp³-hybridized carbons (Fsp3) is 0.440. The highest BCUT2D eigenvalue weighted by Crippen LogP contribution is 2.33. The molecule has 0 aliphatic carbocycles. The zero-order valence-corrected chi connectivity index (χ0v) is 19.8. The summed E-state index contributed by atoms with van der Waals surface area (Å²) in [6, 6.07) is 10.8. The minimum Gasteiger partial charge on any atom is -0.371 e. The number of nitrogens with zero attached hydrogens (tertiary/aromatic N) is 4. The molecule has 2 saturated heterocycles. The van der Waals surface area contributed by atoms with E-state index in [-0.39, 0.29) is 17.6 Å². The van der Waals surface area contributed by atoms with Crippen LogP contribution in [0.5, 0.6) is 0 Å². The lowest BCUT2D eigenvalue weighted by molar-refractivity contribution is -0.136. The number of fused-ring (bicyclic) bond motifs is 1. The van der Waals surface area contributed by atoms with E-state index in [1.54, 1.807) is 6.07 Å². The van der Waals surface area contributed by atoms with Gasteiger partial charge in [0.2, 0.25) is 5.91 Å². The van der Waals surface area contributed by atoms with Crippen molar-refractivity contribution in [1.29, 1.82) is 0 Å². The standard InChI is InChI=1S/C25H29ClFN5O/c1-30-10-9-19(15-30)31(2)25(33)16-7-11-32(12-8-16)18-4-5-21(26)20(14-18)24-28-22-6-3-17(27)13-23(22)29-24/h3-6,13-14,16,19H,7-12,15H2,1-2H3,(H,28,29). The molecule has 2 aliphatic rings. The van der Waals surface area contributed by atoms with E-state index in [4.69, 9.17) is 11.6 Å². The van der Waals surface area contributed by atoms with Gasteiger partial charge in [0, 0.05) is 56.0 Å². The number of likely N-dealkylation sites (tertiary alicyclic amines) is 1. The molecule has 1 unspecified atom stereocenters. The summed E-state index contributed by atoms with van der Waals surface area (Å²) >= 11 is 6.49. The molecule has 0 bridgehead atoms.